The molecule has 0 unspecified atom stereocenters. The van der Waals surface area contributed by atoms with E-state index in [0.717, 1.165) is 36.8 Å². The Hall–Kier alpha value is -1.96. The zero-order valence-corrected chi connectivity index (χ0v) is 30.3. The summed E-state index contributed by atoms with van der Waals surface area (Å²) in [6.45, 7) is 7.52. The summed E-state index contributed by atoms with van der Waals surface area (Å²) in [5.41, 5.74) is 0.203. The molecule has 14 atom stereocenters. The van der Waals surface area contributed by atoms with Crippen molar-refractivity contribution in [1.82, 2.24) is 0 Å². The number of benzene rings is 2. The third kappa shape index (κ3) is 7.43. The van der Waals surface area contributed by atoms with Crippen LogP contribution in [0.2, 0.25) is 0 Å². The van der Waals surface area contributed by atoms with Gasteiger partial charge in [0.25, 0.3) is 0 Å². The Kier molecular flexibility index (Phi) is 10.4. The SMILES string of the molecule is C[C@@]12CC[C@@H]3O[C@@H]4C[C@@H]5O[C@@H]6C[C@H](O)[C@@](C)(CO)O[C@H]6C[C@H]5O[C@H]4C[C@H]3O[C@H]1C[C@@H](OCc1ccccc1)[C@](C)(CCOCc1ccccc1)O2. The lowest BCUT2D eigenvalue weighted by Crippen LogP contribution is -2.65. The first-order valence-electron chi connectivity index (χ1n) is 19.2. The molecule has 10 heteroatoms. The van der Waals surface area contributed by atoms with Gasteiger partial charge in [-0.3, -0.25) is 0 Å². The van der Waals surface area contributed by atoms with E-state index in [-0.39, 0.29) is 67.6 Å². The molecule has 6 fully saturated rings. The zero-order chi connectivity index (χ0) is 35.2. The molecule has 6 saturated heterocycles. The van der Waals surface area contributed by atoms with Crippen LogP contribution in [0.15, 0.2) is 60.7 Å². The minimum Gasteiger partial charge on any atom is -0.393 e. The minimum atomic E-state index is -0.993. The highest BCUT2D eigenvalue weighted by Gasteiger charge is 2.58. The molecule has 0 spiro atoms. The molecule has 2 N–H and O–H groups in total. The second kappa shape index (κ2) is 14.7. The molecule has 0 amide bonds. The fourth-order valence-electron chi connectivity index (χ4n) is 9.46. The van der Waals surface area contributed by atoms with Gasteiger partial charge >= 0.3 is 0 Å². The quantitative estimate of drug-likeness (QED) is 0.344. The maximum Gasteiger partial charge on any atom is 0.115 e. The Labute approximate surface area is 302 Å². The molecule has 280 valence electrons. The number of hydrogen-bond donors (Lipinski definition) is 2. The molecule has 2 aromatic rings. The summed E-state index contributed by atoms with van der Waals surface area (Å²) in [4.78, 5) is 0. The van der Waals surface area contributed by atoms with Gasteiger partial charge in [0.05, 0.1) is 98.2 Å². The third-order valence-corrected chi connectivity index (χ3v) is 12.7. The molecule has 8 rings (SSSR count). The van der Waals surface area contributed by atoms with Gasteiger partial charge in [0, 0.05) is 45.1 Å². The molecule has 0 aromatic heterocycles. The van der Waals surface area contributed by atoms with Crippen LogP contribution in [0, 0.1) is 0 Å². The molecular weight excluding hydrogens is 652 g/mol. The Morgan fingerprint density at radius 2 is 1.24 bits per heavy atom. The first-order valence-corrected chi connectivity index (χ1v) is 19.2. The van der Waals surface area contributed by atoms with E-state index in [1.807, 2.05) is 36.4 Å². The largest absolute Gasteiger partial charge is 0.393 e. The number of aliphatic hydroxyl groups excluding tert-OH is 2. The standard InChI is InChI=1S/C41H56O10/c1-39-15-14-28-29(18-31-30(46-28)19-32-33(47-31)20-35-34(48-32)21-36(43)41(3,25-42)50-35)49-38(39)22-37(45-24-27-12-8-5-9-13-27)40(2,51-39)16-17-44-23-26-10-6-4-7-11-26/h4-13,28-38,42-43H,14-25H2,1-3H3/t28-,29+,30+,31-,32-,33+,34+,35-,36-,37+,38-,39+,40-,41+/m0/s1. The van der Waals surface area contributed by atoms with Crippen LogP contribution in [0.3, 0.4) is 0 Å². The highest BCUT2D eigenvalue weighted by Crippen LogP contribution is 2.49. The number of hydrogen-bond acceptors (Lipinski definition) is 10. The Morgan fingerprint density at radius 1 is 0.667 bits per heavy atom. The lowest BCUT2D eigenvalue weighted by Gasteiger charge is -2.55. The first-order chi connectivity index (χ1) is 24.6. The van der Waals surface area contributed by atoms with Gasteiger partial charge < -0.3 is 48.1 Å². The van der Waals surface area contributed by atoms with Crippen LogP contribution in [-0.2, 0) is 51.1 Å². The maximum absolute atomic E-state index is 10.7. The van der Waals surface area contributed by atoms with Gasteiger partial charge in [0.2, 0.25) is 0 Å². The predicted octanol–water partition coefficient (Wildman–Crippen LogP) is 5.04. The highest BCUT2D eigenvalue weighted by atomic mass is 16.6. The number of fused-ring (bicyclic) bond motifs is 5. The predicted molar refractivity (Wildman–Crippen MR) is 187 cm³/mol. The van der Waals surface area contributed by atoms with Gasteiger partial charge in [-0.2, -0.15) is 0 Å². The molecule has 0 radical (unpaired) electrons. The summed E-state index contributed by atoms with van der Waals surface area (Å²) >= 11 is 0. The minimum absolute atomic E-state index is 0.0667. The number of ether oxygens (including phenoxy) is 8. The molecule has 0 aliphatic carbocycles. The van der Waals surface area contributed by atoms with E-state index in [4.69, 9.17) is 37.9 Å². The Balaban J connectivity index is 0.944. The maximum atomic E-state index is 10.7. The number of rotatable bonds is 9. The van der Waals surface area contributed by atoms with Gasteiger partial charge in [-0.1, -0.05) is 60.7 Å². The van der Waals surface area contributed by atoms with Crippen molar-refractivity contribution < 1.29 is 48.1 Å². The molecule has 51 heavy (non-hydrogen) atoms. The van der Waals surface area contributed by atoms with Crippen molar-refractivity contribution in [2.45, 2.75) is 169 Å². The van der Waals surface area contributed by atoms with E-state index in [1.165, 1.54) is 0 Å². The average Bonchev–Trinajstić information content (AvgIpc) is 3.26. The molecule has 6 aliphatic heterocycles. The van der Waals surface area contributed by atoms with Gasteiger partial charge in [-0.05, 0) is 44.7 Å². The summed E-state index contributed by atoms with van der Waals surface area (Å²) in [5.74, 6) is 0. The van der Waals surface area contributed by atoms with Crippen molar-refractivity contribution in [1.29, 1.82) is 0 Å². The van der Waals surface area contributed by atoms with E-state index in [2.05, 4.69) is 38.1 Å². The van der Waals surface area contributed by atoms with Crippen molar-refractivity contribution in [2.24, 2.45) is 0 Å². The molecule has 6 aliphatic rings. The Bertz CT molecular complexity index is 1450. The van der Waals surface area contributed by atoms with Crippen molar-refractivity contribution in [3.8, 4) is 0 Å². The molecule has 10 nitrogen and oxygen atoms in total. The molecule has 0 saturated carbocycles. The smallest absolute Gasteiger partial charge is 0.115 e. The summed E-state index contributed by atoms with van der Waals surface area (Å²) in [5, 5.41) is 20.6. The van der Waals surface area contributed by atoms with E-state index in [1.54, 1.807) is 6.92 Å². The van der Waals surface area contributed by atoms with Crippen LogP contribution in [0.4, 0.5) is 0 Å². The molecular formula is C41H56O10. The summed E-state index contributed by atoms with van der Waals surface area (Å²) in [7, 11) is 0. The van der Waals surface area contributed by atoms with Crippen LogP contribution >= 0.6 is 0 Å². The summed E-state index contributed by atoms with van der Waals surface area (Å²) in [6.07, 6.45) is 3.38. The monoisotopic (exact) mass is 708 g/mol. The van der Waals surface area contributed by atoms with E-state index in [9.17, 15) is 10.2 Å². The fraction of sp³-hybridized carbons (Fsp3) is 0.707. The van der Waals surface area contributed by atoms with E-state index >= 15 is 0 Å². The lowest BCUT2D eigenvalue weighted by atomic mass is 9.79. The van der Waals surface area contributed by atoms with Gasteiger partial charge in [0.15, 0.2) is 0 Å². The topological polar surface area (TPSA) is 114 Å². The highest BCUT2D eigenvalue weighted by molar-refractivity contribution is 5.15. The summed E-state index contributed by atoms with van der Waals surface area (Å²) in [6, 6.07) is 20.6. The van der Waals surface area contributed by atoms with Gasteiger partial charge in [-0.15, -0.1) is 0 Å². The molecule has 0 bridgehead atoms. The average molecular weight is 709 g/mol. The summed E-state index contributed by atoms with van der Waals surface area (Å²) < 4.78 is 53.5. The van der Waals surface area contributed by atoms with Crippen molar-refractivity contribution in [2.75, 3.05) is 13.2 Å². The van der Waals surface area contributed by atoms with E-state index < -0.39 is 22.9 Å². The number of aliphatic hydroxyl groups is 2. The van der Waals surface area contributed by atoms with Crippen molar-refractivity contribution in [3.63, 3.8) is 0 Å². The molecule has 6 heterocycles. The third-order valence-electron chi connectivity index (χ3n) is 12.7. The van der Waals surface area contributed by atoms with Crippen LogP contribution in [0.1, 0.15) is 83.3 Å². The second-order valence-corrected chi connectivity index (χ2v) is 16.5. The van der Waals surface area contributed by atoms with Crippen LogP contribution in [0.5, 0.6) is 0 Å². The van der Waals surface area contributed by atoms with E-state index in [0.29, 0.717) is 45.5 Å². The van der Waals surface area contributed by atoms with Crippen LogP contribution < -0.4 is 0 Å². The fourth-order valence-corrected chi connectivity index (χ4v) is 9.46. The normalized spacial score (nSPS) is 44.9. The van der Waals surface area contributed by atoms with Crippen molar-refractivity contribution >= 4 is 0 Å². The Morgan fingerprint density at radius 3 is 1.88 bits per heavy atom. The molecule has 2 aromatic carbocycles. The van der Waals surface area contributed by atoms with Gasteiger partial charge in [0.1, 0.15) is 5.60 Å². The van der Waals surface area contributed by atoms with Crippen LogP contribution in [-0.4, -0.2) is 107 Å². The lowest BCUT2D eigenvalue weighted by molar-refractivity contribution is -0.323. The second-order valence-electron chi connectivity index (χ2n) is 16.5. The van der Waals surface area contributed by atoms with Crippen molar-refractivity contribution in [3.05, 3.63) is 71.8 Å². The van der Waals surface area contributed by atoms with Gasteiger partial charge in [-0.25, -0.2) is 0 Å². The van der Waals surface area contributed by atoms with Crippen LogP contribution in [0.25, 0.3) is 0 Å². The first kappa shape index (κ1) is 36.0. The zero-order valence-electron chi connectivity index (χ0n) is 30.3.